The zero-order chi connectivity index (χ0) is 20.1. The molecule has 1 saturated heterocycles. The molecule has 0 unspecified atom stereocenters. The molecule has 3 rings (SSSR count). The van der Waals surface area contributed by atoms with Crippen LogP contribution in [0.25, 0.3) is 6.08 Å². The number of hydrogen-bond acceptors (Lipinski definition) is 5. The summed E-state index contributed by atoms with van der Waals surface area (Å²) in [6.07, 6.45) is 3.21. The minimum atomic E-state index is -0.312. The molecule has 0 spiro atoms. The number of rotatable bonds is 7. The summed E-state index contributed by atoms with van der Waals surface area (Å²) in [4.78, 5) is 25.8. The fourth-order valence-electron chi connectivity index (χ4n) is 2.68. The normalized spacial score (nSPS) is 15.2. The zero-order valence-corrected chi connectivity index (χ0v) is 16.6. The van der Waals surface area contributed by atoms with E-state index in [2.05, 4.69) is 6.58 Å². The summed E-state index contributed by atoms with van der Waals surface area (Å²) in [5.74, 6) is 0.861. The molecule has 0 radical (unpaired) electrons. The van der Waals surface area contributed by atoms with Crippen molar-refractivity contribution in [1.82, 2.24) is 4.90 Å². The molecule has 0 saturated carbocycles. The average molecular weight is 395 g/mol. The third-order valence-electron chi connectivity index (χ3n) is 4.19. The number of carbonyl (C=O) groups is 2. The number of hydrogen-bond donors (Lipinski definition) is 0. The number of benzene rings is 2. The Balaban J connectivity index is 1.76. The molecular formula is C22H21NO4S. The Morgan fingerprint density at radius 1 is 1.11 bits per heavy atom. The van der Waals surface area contributed by atoms with Crippen LogP contribution in [0.2, 0.25) is 0 Å². The summed E-state index contributed by atoms with van der Waals surface area (Å²) in [6.45, 7) is 6.25. The lowest BCUT2D eigenvalue weighted by molar-refractivity contribution is -0.122. The van der Waals surface area contributed by atoms with E-state index in [9.17, 15) is 9.59 Å². The number of imide groups is 1. The second-order valence-electron chi connectivity index (χ2n) is 6.27. The third-order valence-corrected chi connectivity index (χ3v) is 5.09. The number of methoxy groups -OCH3 is 1. The molecule has 2 aromatic carbocycles. The predicted molar refractivity (Wildman–Crippen MR) is 111 cm³/mol. The van der Waals surface area contributed by atoms with Gasteiger partial charge in [0, 0.05) is 6.54 Å². The Morgan fingerprint density at radius 2 is 1.86 bits per heavy atom. The highest BCUT2D eigenvalue weighted by Gasteiger charge is 2.34. The van der Waals surface area contributed by atoms with Crippen LogP contribution in [-0.2, 0) is 11.4 Å². The van der Waals surface area contributed by atoms with Crippen LogP contribution in [0.15, 0.2) is 60.0 Å². The first-order valence-corrected chi connectivity index (χ1v) is 9.56. The molecule has 1 aliphatic heterocycles. The lowest BCUT2D eigenvalue weighted by Gasteiger charge is -2.12. The van der Waals surface area contributed by atoms with Gasteiger partial charge in [-0.15, -0.1) is 6.58 Å². The molecule has 0 atom stereocenters. The molecule has 0 bridgehead atoms. The highest BCUT2D eigenvalue weighted by atomic mass is 32.2. The summed E-state index contributed by atoms with van der Waals surface area (Å²) in [6, 6.07) is 13.5. The van der Waals surface area contributed by atoms with Gasteiger partial charge in [-0.3, -0.25) is 14.5 Å². The Morgan fingerprint density at radius 3 is 2.54 bits per heavy atom. The minimum Gasteiger partial charge on any atom is -0.493 e. The fraction of sp³-hybridized carbons (Fsp3) is 0.182. The maximum atomic E-state index is 12.3. The molecule has 6 heteroatoms. The Bertz CT molecular complexity index is 934. The van der Waals surface area contributed by atoms with Crippen molar-refractivity contribution in [1.29, 1.82) is 0 Å². The number of thioether (sulfide) groups is 1. The Hall–Kier alpha value is -2.99. The van der Waals surface area contributed by atoms with Crippen molar-refractivity contribution in [2.24, 2.45) is 0 Å². The predicted octanol–water partition coefficient (Wildman–Crippen LogP) is 4.80. The monoisotopic (exact) mass is 395 g/mol. The zero-order valence-electron chi connectivity index (χ0n) is 15.8. The van der Waals surface area contributed by atoms with E-state index in [1.807, 2.05) is 37.3 Å². The summed E-state index contributed by atoms with van der Waals surface area (Å²) in [7, 11) is 1.57. The fourth-order valence-corrected chi connectivity index (χ4v) is 3.52. The van der Waals surface area contributed by atoms with Crippen LogP contribution < -0.4 is 9.47 Å². The second-order valence-corrected chi connectivity index (χ2v) is 7.26. The van der Waals surface area contributed by atoms with Crippen LogP contribution in [0.5, 0.6) is 11.5 Å². The van der Waals surface area contributed by atoms with E-state index in [0.717, 1.165) is 22.9 Å². The van der Waals surface area contributed by atoms with Crippen molar-refractivity contribution in [3.63, 3.8) is 0 Å². The standard InChI is InChI=1S/C22H21NO4S/c1-4-11-23-21(24)20(28-22(23)25)13-17-9-10-18(19(12-17)26-3)27-14-16-7-5-15(2)6-8-16/h4-10,12-13H,1,11,14H2,2-3H3/b20-13+. The summed E-state index contributed by atoms with van der Waals surface area (Å²) in [5, 5.41) is -0.291. The van der Waals surface area contributed by atoms with Crippen LogP contribution in [-0.4, -0.2) is 29.7 Å². The minimum absolute atomic E-state index is 0.205. The van der Waals surface area contributed by atoms with Crippen molar-refractivity contribution in [3.05, 3.63) is 76.7 Å². The molecule has 144 valence electrons. The van der Waals surface area contributed by atoms with Gasteiger partial charge in [-0.05, 0) is 48.0 Å². The smallest absolute Gasteiger partial charge is 0.293 e. The van der Waals surface area contributed by atoms with Crippen molar-refractivity contribution in [2.75, 3.05) is 13.7 Å². The molecule has 1 aliphatic rings. The molecule has 0 N–H and O–H groups in total. The summed E-state index contributed by atoms with van der Waals surface area (Å²) in [5.41, 5.74) is 3.01. The first-order valence-electron chi connectivity index (χ1n) is 8.74. The summed E-state index contributed by atoms with van der Waals surface area (Å²) >= 11 is 0.922. The van der Waals surface area contributed by atoms with Crippen LogP contribution in [0, 0.1) is 6.92 Å². The molecule has 0 aliphatic carbocycles. The van der Waals surface area contributed by atoms with Crippen molar-refractivity contribution < 1.29 is 19.1 Å². The SMILES string of the molecule is C=CCN1C(=O)S/C(=C/c2ccc(OCc3ccc(C)cc3)c(OC)c2)C1=O. The maximum absolute atomic E-state index is 12.3. The van der Waals surface area contributed by atoms with E-state index in [1.165, 1.54) is 16.5 Å². The molecular weight excluding hydrogens is 374 g/mol. The van der Waals surface area contributed by atoms with Crippen molar-refractivity contribution in [3.8, 4) is 11.5 Å². The Kier molecular flexibility index (Phi) is 6.21. The average Bonchev–Trinajstić information content (AvgIpc) is 2.96. The number of carbonyl (C=O) groups excluding carboxylic acids is 2. The third kappa shape index (κ3) is 4.46. The lowest BCUT2D eigenvalue weighted by Crippen LogP contribution is -2.27. The van der Waals surface area contributed by atoms with E-state index >= 15 is 0 Å². The largest absolute Gasteiger partial charge is 0.493 e. The molecule has 1 fully saturated rings. The van der Waals surface area contributed by atoms with Crippen LogP contribution in [0.3, 0.4) is 0 Å². The van der Waals surface area contributed by atoms with Crippen LogP contribution in [0.1, 0.15) is 16.7 Å². The van der Waals surface area contributed by atoms with E-state index in [1.54, 1.807) is 25.3 Å². The first kappa shape index (κ1) is 19.8. The first-order chi connectivity index (χ1) is 13.5. The van der Waals surface area contributed by atoms with E-state index in [4.69, 9.17) is 9.47 Å². The molecule has 1 heterocycles. The number of nitrogens with zero attached hydrogens (tertiary/aromatic N) is 1. The topological polar surface area (TPSA) is 55.8 Å². The van der Waals surface area contributed by atoms with E-state index < -0.39 is 0 Å². The molecule has 0 aromatic heterocycles. The summed E-state index contributed by atoms with van der Waals surface area (Å²) < 4.78 is 11.3. The van der Waals surface area contributed by atoms with Gasteiger partial charge in [0.05, 0.1) is 12.0 Å². The van der Waals surface area contributed by atoms with Crippen molar-refractivity contribution >= 4 is 29.0 Å². The van der Waals surface area contributed by atoms with Gasteiger partial charge in [0.2, 0.25) is 0 Å². The maximum Gasteiger partial charge on any atom is 0.293 e. The molecule has 2 aromatic rings. The lowest BCUT2D eigenvalue weighted by atomic mass is 10.1. The number of amides is 2. The molecule has 5 nitrogen and oxygen atoms in total. The molecule has 28 heavy (non-hydrogen) atoms. The van der Waals surface area contributed by atoms with E-state index in [-0.39, 0.29) is 17.7 Å². The molecule has 2 amide bonds. The highest BCUT2D eigenvalue weighted by Crippen LogP contribution is 2.34. The number of ether oxygens (including phenoxy) is 2. The highest BCUT2D eigenvalue weighted by molar-refractivity contribution is 8.18. The van der Waals surface area contributed by atoms with Gasteiger partial charge < -0.3 is 9.47 Å². The van der Waals surface area contributed by atoms with Gasteiger partial charge in [-0.2, -0.15) is 0 Å². The van der Waals surface area contributed by atoms with Gasteiger partial charge in [-0.25, -0.2) is 0 Å². The van der Waals surface area contributed by atoms with Crippen molar-refractivity contribution in [2.45, 2.75) is 13.5 Å². The quantitative estimate of drug-likeness (QED) is 0.498. The van der Waals surface area contributed by atoms with Crippen LogP contribution >= 0.6 is 11.8 Å². The van der Waals surface area contributed by atoms with Gasteiger partial charge >= 0.3 is 0 Å². The number of aryl methyl sites for hydroxylation is 1. The second kappa shape index (κ2) is 8.80. The van der Waals surface area contributed by atoms with Gasteiger partial charge in [-0.1, -0.05) is 42.0 Å². The van der Waals surface area contributed by atoms with Gasteiger partial charge in [0.25, 0.3) is 11.1 Å². The van der Waals surface area contributed by atoms with Gasteiger partial charge in [0.1, 0.15) is 6.61 Å². The van der Waals surface area contributed by atoms with Gasteiger partial charge in [0.15, 0.2) is 11.5 Å². The Labute approximate surface area is 168 Å². The van der Waals surface area contributed by atoms with E-state index in [0.29, 0.717) is 23.0 Å². The van der Waals surface area contributed by atoms with Crippen LogP contribution in [0.4, 0.5) is 4.79 Å².